The van der Waals surface area contributed by atoms with Gasteiger partial charge in [0.15, 0.2) is 0 Å². The molecule has 1 heterocycles. The maximum Gasteiger partial charge on any atom is 0.303 e. The molecule has 0 aromatic heterocycles. The summed E-state index contributed by atoms with van der Waals surface area (Å²) in [7, 11) is 0. The number of carbonyl (C=O) groups excluding carboxylic acids is 2. The summed E-state index contributed by atoms with van der Waals surface area (Å²) in [5.41, 5.74) is -1.16. The fourth-order valence-corrected chi connectivity index (χ4v) is 11.1. The van der Waals surface area contributed by atoms with Gasteiger partial charge in [0.05, 0.1) is 6.10 Å². The van der Waals surface area contributed by atoms with Crippen molar-refractivity contribution in [1.29, 1.82) is 0 Å². The normalized spacial score (nSPS) is 47.3. The van der Waals surface area contributed by atoms with E-state index in [1.807, 2.05) is 13.8 Å². The Hall–Kier alpha value is -1.14. The number of ether oxygens (including phenoxy) is 3. The van der Waals surface area contributed by atoms with Crippen molar-refractivity contribution in [2.45, 2.75) is 149 Å². The minimum atomic E-state index is -0.691. The van der Waals surface area contributed by atoms with Gasteiger partial charge in [0.2, 0.25) is 0 Å². The highest BCUT2D eigenvalue weighted by atomic mass is 16.7. The zero-order chi connectivity index (χ0) is 28.8. The third-order valence-corrected chi connectivity index (χ3v) is 13.5. The van der Waals surface area contributed by atoms with Gasteiger partial charge in [-0.25, -0.2) is 0 Å². The summed E-state index contributed by atoms with van der Waals surface area (Å²) in [5, 5.41) is 10.4. The average Bonchev–Trinajstić information content (AvgIpc) is 3.35. The summed E-state index contributed by atoms with van der Waals surface area (Å²) in [6.07, 6.45) is 9.63. The number of carbonyl (C=O) groups is 2. The summed E-state index contributed by atoms with van der Waals surface area (Å²) in [6, 6.07) is 0. The molecule has 0 radical (unpaired) electrons. The number of aliphatic hydroxyl groups is 1. The predicted octanol–water partition coefficient (Wildman–Crippen LogP) is 6.46. The molecule has 0 aromatic carbocycles. The average molecular weight is 547 g/mol. The van der Waals surface area contributed by atoms with Gasteiger partial charge in [0.1, 0.15) is 22.9 Å². The molecule has 0 bridgehead atoms. The lowest BCUT2D eigenvalue weighted by molar-refractivity contribution is -0.169. The number of fused-ring (bicyclic) bond motifs is 6. The van der Waals surface area contributed by atoms with E-state index in [0.29, 0.717) is 23.2 Å². The molecule has 12 atom stereocenters. The molecular formula is C33H54O6. The smallest absolute Gasteiger partial charge is 0.303 e. The molecule has 39 heavy (non-hydrogen) atoms. The first-order valence-corrected chi connectivity index (χ1v) is 15.8. The predicted molar refractivity (Wildman–Crippen MR) is 150 cm³/mol. The molecule has 5 aliphatic rings. The van der Waals surface area contributed by atoms with Crippen LogP contribution in [0.5, 0.6) is 0 Å². The van der Waals surface area contributed by atoms with E-state index >= 15 is 0 Å². The van der Waals surface area contributed by atoms with E-state index in [4.69, 9.17) is 14.2 Å². The maximum atomic E-state index is 12.4. The van der Waals surface area contributed by atoms with Crippen LogP contribution in [0.25, 0.3) is 0 Å². The number of rotatable bonds is 6. The molecule has 6 nitrogen and oxygen atoms in total. The van der Waals surface area contributed by atoms with E-state index in [1.165, 1.54) is 39.5 Å². The topological polar surface area (TPSA) is 85.4 Å². The van der Waals surface area contributed by atoms with Crippen LogP contribution in [0.1, 0.15) is 120 Å². The Kier molecular flexibility index (Phi) is 7.11. The largest absolute Gasteiger partial charge is 0.460 e. The molecule has 1 saturated heterocycles. The Balaban J connectivity index is 1.41. The Morgan fingerprint density at radius 1 is 0.923 bits per heavy atom. The lowest BCUT2D eigenvalue weighted by Crippen LogP contribution is -2.57. The Labute approximate surface area is 236 Å². The van der Waals surface area contributed by atoms with Gasteiger partial charge in [-0.2, -0.15) is 0 Å². The van der Waals surface area contributed by atoms with Crippen LogP contribution < -0.4 is 0 Å². The van der Waals surface area contributed by atoms with E-state index in [2.05, 4.69) is 34.6 Å². The summed E-state index contributed by atoms with van der Waals surface area (Å²) < 4.78 is 18.8. The Morgan fingerprint density at radius 3 is 2.23 bits per heavy atom. The van der Waals surface area contributed by atoms with E-state index in [1.54, 1.807) is 0 Å². The van der Waals surface area contributed by atoms with Crippen molar-refractivity contribution in [3.8, 4) is 0 Å². The van der Waals surface area contributed by atoms with Crippen LogP contribution in [0, 0.1) is 46.3 Å². The van der Waals surface area contributed by atoms with Crippen molar-refractivity contribution < 1.29 is 28.9 Å². The van der Waals surface area contributed by atoms with Gasteiger partial charge in [-0.1, -0.05) is 27.7 Å². The van der Waals surface area contributed by atoms with Crippen molar-refractivity contribution in [1.82, 2.24) is 0 Å². The van der Waals surface area contributed by atoms with Gasteiger partial charge in [-0.3, -0.25) is 9.59 Å². The number of aliphatic hydroxyl groups excluding tert-OH is 1. The van der Waals surface area contributed by atoms with Crippen molar-refractivity contribution in [3.05, 3.63) is 0 Å². The van der Waals surface area contributed by atoms with E-state index in [0.717, 1.165) is 38.0 Å². The van der Waals surface area contributed by atoms with E-state index in [9.17, 15) is 14.7 Å². The third-order valence-electron chi connectivity index (χ3n) is 13.5. The van der Waals surface area contributed by atoms with Crippen LogP contribution in [-0.2, 0) is 23.8 Å². The molecule has 1 aliphatic heterocycles. The lowest BCUT2D eigenvalue weighted by atomic mass is 9.44. The van der Waals surface area contributed by atoms with Gasteiger partial charge < -0.3 is 19.3 Å². The van der Waals surface area contributed by atoms with Gasteiger partial charge in [-0.05, 0) is 108 Å². The van der Waals surface area contributed by atoms with Crippen molar-refractivity contribution in [3.63, 3.8) is 0 Å². The summed E-state index contributed by atoms with van der Waals surface area (Å²) in [5.74, 6) is 2.02. The SMILES string of the molecule is CC(=O)O[C@H]([C@@H](C)[C@H](C)C(C)(C)OC(C)=O)[C@]1(C)O[C@]12CC[C@H]1[C@@H]3CC[C@H]4C[C@H](O)CC[C@]4(C)[C@H]3CC[C@@]12C. The molecular weight excluding hydrogens is 492 g/mol. The highest BCUT2D eigenvalue weighted by Gasteiger charge is 2.83. The summed E-state index contributed by atoms with van der Waals surface area (Å²) >= 11 is 0. The molecule has 222 valence electrons. The van der Waals surface area contributed by atoms with Crippen molar-refractivity contribution >= 4 is 11.9 Å². The van der Waals surface area contributed by atoms with Gasteiger partial charge in [0, 0.05) is 31.1 Å². The van der Waals surface area contributed by atoms with E-state index in [-0.39, 0.29) is 40.9 Å². The fourth-order valence-electron chi connectivity index (χ4n) is 11.1. The highest BCUT2D eigenvalue weighted by molar-refractivity contribution is 5.67. The molecule has 1 N–H and O–H groups in total. The molecule has 0 amide bonds. The quantitative estimate of drug-likeness (QED) is 0.304. The summed E-state index contributed by atoms with van der Waals surface area (Å²) in [6.45, 7) is 18.2. The summed E-state index contributed by atoms with van der Waals surface area (Å²) in [4.78, 5) is 24.3. The van der Waals surface area contributed by atoms with Crippen LogP contribution in [0.3, 0.4) is 0 Å². The third kappa shape index (κ3) is 4.23. The molecule has 5 fully saturated rings. The monoisotopic (exact) mass is 546 g/mol. The molecule has 4 aliphatic carbocycles. The first-order chi connectivity index (χ1) is 18.0. The Bertz CT molecular complexity index is 993. The van der Waals surface area contributed by atoms with Crippen molar-refractivity contribution in [2.75, 3.05) is 0 Å². The second-order valence-corrected chi connectivity index (χ2v) is 15.5. The molecule has 6 heteroatoms. The zero-order valence-electron chi connectivity index (χ0n) is 26.0. The first kappa shape index (κ1) is 29.4. The number of hydrogen-bond donors (Lipinski definition) is 1. The molecule has 1 spiro atoms. The lowest BCUT2D eigenvalue weighted by Gasteiger charge is -2.61. The zero-order valence-corrected chi connectivity index (χ0v) is 26.0. The van der Waals surface area contributed by atoms with Crippen LogP contribution in [0.4, 0.5) is 0 Å². The van der Waals surface area contributed by atoms with Crippen LogP contribution >= 0.6 is 0 Å². The van der Waals surface area contributed by atoms with Crippen LogP contribution in [0.15, 0.2) is 0 Å². The van der Waals surface area contributed by atoms with Crippen LogP contribution in [-0.4, -0.2) is 46.1 Å². The maximum absolute atomic E-state index is 12.4. The van der Waals surface area contributed by atoms with Gasteiger partial charge in [0.25, 0.3) is 0 Å². The van der Waals surface area contributed by atoms with Gasteiger partial charge >= 0.3 is 11.9 Å². The Morgan fingerprint density at radius 2 is 1.59 bits per heavy atom. The molecule has 4 saturated carbocycles. The highest BCUT2D eigenvalue weighted by Crippen LogP contribution is 2.77. The standard InChI is InChI=1S/C33H54O6/c1-19(20(2)29(5,6)38-22(4)35)28(37-21(3)34)32(9)33(39-32)17-14-27-25-11-10-23-18-24(36)12-15-30(23,7)26(25)13-16-31(27,33)8/h19-20,23-28,36H,10-18H2,1-9H3/t19-,20-,23-,24+,25+,26-,27-,28+,30-,31-,32-,33-/m0/s1. The molecule has 0 unspecified atom stereocenters. The van der Waals surface area contributed by atoms with Crippen LogP contribution in [0.2, 0.25) is 0 Å². The fraction of sp³-hybridized carbons (Fsp3) is 0.939. The number of hydrogen-bond acceptors (Lipinski definition) is 6. The van der Waals surface area contributed by atoms with Crippen molar-refractivity contribution in [2.24, 2.45) is 46.3 Å². The van der Waals surface area contributed by atoms with E-state index < -0.39 is 17.3 Å². The second kappa shape index (κ2) is 9.44. The second-order valence-electron chi connectivity index (χ2n) is 15.5. The minimum Gasteiger partial charge on any atom is -0.460 e. The number of esters is 2. The molecule has 5 rings (SSSR count). The number of epoxide rings is 1. The molecule has 0 aromatic rings. The minimum absolute atomic E-state index is 0.0403. The first-order valence-electron chi connectivity index (χ1n) is 15.8. The van der Waals surface area contributed by atoms with Gasteiger partial charge in [-0.15, -0.1) is 0 Å².